The van der Waals surface area contributed by atoms with Crippen LogP contribution in [0.3, 0.4) is 0 Å². The van der Waals surface area contributed by atoms with Gasteiger partial charge in [0.25, 0.3) is 5.88 Å². The third kappa shape index (κ3) is 2.01. The first-order valence-corrected chi connectivity index (χ1v) is 4.30. The second-order valence-electron chi connectivity index (χ2n) is 3.37. The number of hydrogen-bond donors (Lipinski definition) is 0. The standard InChI is InChI=1S/C8H13N3O3/c1-6(2)5-10-8(14-3)7(4-9-10)11(12)13/h4,6H,5H2,1-3H3. The molecule has 0 fully saturated rings. The number of nitrogens with zero attached hydrogens (tertiary/aromatic N) is 3. The van der Waals surface area contributed by atoms with E-state index < -0.39 is 4.92 Å². The van der Waals surface area contributed by atoms with Crippen molar-refractivity contribution >= 4 is 5.69 Å². The molecule has 0 radical (unpaired) electrons. The van der Waals surface area contributed by atoms with Gasteiger partial charge in [-0.25, -0.2) is 4.68 Å². The summed E-state index contributed by atoms with van der Waals surface area (Å²) in [6.07, 6.45) is 1.21. The summed E-state index contributed by atoms with van der Waals surface area (Å²) in [7, 11) is 1.40. The Kier molecular flexibility index (Phi) is 3.06. The van der Waals surface area contributed by atoms with Crippen molar-refractivity contribution in [2.24, 2.45) is 5.92 Å². The SMILES string of the molecule is COc1c([N+](=O)[O-])cnn1CC(C)C. The molecule has 0 unspecified atom stereocenters. The van der Waals surface area contributed by atoms with E-state index in [0.29, 0.717) is 12.5 Å². The number of ether oxygens (including phenoxy) is 1. The van der Waals surface area contributed by atoms with Gasteiger partial charge in [-0.15, -0.1) is 0 Å². The number of aromatic nitrogens is 2. The Morgan fingerprint density at radius 3 is 2.79 bits per heavy atom. The van der Waals surface area contributed by atoms with E-state index in [1.54, 1.807) is 0 Å². The summed E-state index contributed by atoms with van der Waals surface area (Å²) in [6, 6.07) is 0. The van der Waals surface area contributed by atoms with Gasteiger partial charge < -0.3 is 4.74 Å². The van der Waals surface area contributed by atoms with Crippen molar-refractivity contribution < 1.29 is 9.66 Å². The molecule has 0 saturated heterocycles. The van der Waals surface area contributed by atoms with E-state index in [-0.39, 0.29) is 11.6 Å². The predicted octanol–water partition coefficient (Wildman–Crippen LogP) is 1.46. The molecule has 14 heavy (non-hydrogen) atoms. The smallest absolute Gasteiger partial charge is 0.350 e. The fourth-order valence-corrected chi connectivity index (χ4v) is 1.18. The van der Waals surface area contributed by atoms with Crippen molar-refractivity contribution in [2.45, 2.75) is 20.4 Å². The highest BCUT2D eigenvalue weighted by molar-refractivity contribution is 5.38. The third-order valence-electron chi connectivity index (χ3n) is 1.70. The van der Waals surface area contributed by atoms with Crippen LogP contribution >= 0.6 is 0 Å². The van der Waals surface area contributed by atoms with Gasteiger partial charge in [0.15, 0.2) is 0 Å². The maximum atomic E-state index is 10.6. The minimum Gasteiger partial charge on any atom is -0.476 e. The molecular weight excluding hydrogens is 186 g/mol. The minimum absolute atomic E-state index is 0.0897. The Morgan fingerprint density at radius 1 is 1.71 bits per heavy atom. The van der Waals surface area contributed by atoms with Crippen LogP contribution in [-0.2, 0) is 6.54 Å². The average molecular weight is 199 g/mol. The van der Waals surface area contributed by atoms with Crippen molar-refractivity contribution in [3.05, 3.63) is 16.3 Å². The van der Waals surface area contributed by atoms with Gasteiger partial charge in [0.1, 0.15) is 6.20 Å². The lowest BCUT2D eigenvalue weighted by Gasteiger charge is -2.07. The number of hydrogen-bond acceptors (Lipinski definition) is 4. The Bertz CT molecular complexity index is 333. The molecule has 1 heterocycles. The second-order valence-corrected chi connectivity index (χ2v) is 3.37. The molecule has 0 N–H and O–H groups in total. The van der Waals surface area contributed by atoms with Crippen LogP contribution in [0.25, 0.3) is 0 Å². The topological polar surface area (TPSA) is 70.2 Å². The zero-order valence-electron chi connectivity index (χ0n) is 8.43. The van der Waals surface area contributed by atoms with Gasteiger partial charge in [0.05, 0.1) is 12.0 Å². The monoisotopic (exact) mass is 199 g/mol. The van der Waals surface area contributed by atoms with Crippen LogP contribution in [0.2, 0.25) is 0 Å². The van der Waals surface area contributed by atoms with E-state index in [9.17, 15) is 10.1 Å². The highest BCUT2D eigenvalue weighted by Gasteiger charge is 2.21. The molecule has 0 aliphatic rings. The summed E-state index contributed by atoms with van der Waals surface area (Å²) in [5.41, 5.74) is -0.0897. The zero-order valence-corrected chi connectivity index (χ0v) is 8.43. The van der Waals surface area contributed by atoms with Gasteiger partial charge in [-0.2, -0.15) is 5.10 Å². The molecule has 0 spiro atoms. The van der Waals surface area contributed by atoms with Crippen LogP contribution in [0.4, 0.5) is 5.69 Å². The van der Waals surface area contributed by atoms with E-state index in [4.69, 9.17) is 4.74 Å². The van der Waals surface area contributed by atoms with E-state index >= 15 is 0 Å². The van der Waals surface area contributed by atoms with Crippen molar-refractivity contribution in [1.29, 1.82) is 0 Å². The van der Waals surface area contributed by atoms with Crippen LogP contribution in [0.5, 0.6) is 5.88 Å². The van der Waals surface area contributed by atoms with Crippen molar-refractivity contribution in [1.82, 2.24) is 9.78 Å². The van der Waals surface area contributed by atoms with Gasteiger partial charge in [-0.1, -0.05) is 13.8 Å². The van der Waals surface area contributed by atoms with Crippen molar-refractivity contribution in [3.8, 4) is 5.88 Å². The van der Waals surface area contributed by atoms with Crippen molar-refractivity contribution in [2.75, 3.05) is 7.11 Å². The second kappa shape index (κ2) is 4.08. The first-order valence-electron chi connectivity index (χ1n) is 4.30. The van der Waals surface area contributed by atoms with Crippen LogP contribution in [0.15, 0.2) is 6.20 Å². The Morgan fingerprint density at radius 2 is 2.36 bits per heavy atom. The molecule has 6 nitrogen and oxygen atoms in total. The Hall–Kier alpha value is -1.59. The van der Waals surface area contributed by atoms with E-state index in [2.05, 4.69) is 5.10 Å². The van der Waals surface area contributed by atoms with Gasteiger partial charge in [0.2, 0.25) is 0 Å². The quantitative estimate of drug-likeness (QED) is 0.543. The summed E-state index contributed by atoms with van der Waals surface area (Å²) >= 11 is 0. The lowest BCUT2D eigenvalue weighted by molar-refractivity contribution is -0.385. The maximum absolute atomic E-state index is 10.6. The summed E-state index contributed by atoms with van der Waals surface area (Å²) in [4.78, 5) is 10.1. The first-order chi connectivity index (χ1) is 6.56. The molecule has 0 bridgehead atoms. The summed E-state index contributed by atoms with van der Waals surface area (Å²) < 4.78 is 6.44. The largest absolute Gasteiger partial charge is 0.476 e. The molecule has 0 saturated carbocycles. The normalized spacial score (nSPS) is 10.6. The molecule has 0 atom stereocenters. The highest BCUT2D eigenvalue weighted by atomic mass is 16.6. The molecule has 1 rings (SSSR count). The lowest BCUT2D eigenvalue weighted by atomic mass is 10.2. The Balaban J connectivity index is 3.01. The van der Waals surface area contributed by atoms with Crippen LogP contribution < -0.4 is 4.74 Å². The molecule has 0 aliphatic carbocycles. The molecule has 1 aromatic rings. The van der Waals surface area contributed by atoms with Gasteiger partial charge in [-0.3, -0.25) is 10.1 Å². The van der Waals surface area contributed by atoms with Gasteiger partial charge in [-0.05, 0) is 5.92 Å². The molecule has 0 aliphatic heterocycles. The zero-order chi connectivity index (χ0) is 10.7. The molecule has 0 amide bonds. The number of methoxy groups -OCH3 is 1. The summed E-state index contributed by atoms with van der Waals surface area (Å²) in [5, 5.41) is 14.5. The summed E-state index contributed by atoms with van der Waals surface area (Å²) in [5.74, 6) is 0.576. The molecule has 0 aromatic carbocycles. The third-order valence-corrected chi connectivity index (χ3v) is 1.70. The van der Waals surface area contributed by atoms with Crippen LogP contribution in [0.1, 0.15) is 13.8 Å². The summed E-state index contributed by atoms with van der Waals surface area (Å²) in [6.45, 7) is 4.62. The van der Waals surface area contributed by atoms with Crippen molar-refractivity contribution in [3.63, 3.8) is 0 Å². The lowest BCUT2D eigenvalue weighted by Crippen LogP contribution is -2.08. The van der Waals surface area contributed by atoms with Gasteiger partial charge >= 0.3 is 5.69 Å². The minimum atomic E-state index is -0.497. The molecular formula is C8H13N3O3. The maximum Gasteiger partial charge on any atom is 0.350 e. The highest BCUT2D eigenvalue weighted by Crippen LogP contribution is 2.26. The van der Waals surface area contributed by atoms with Crippen LogP contribution in [0, 0.1) is 16.0 Å². The van der Waals surface area contributed by atoms with Gasteiger partial charge in [0, 0.05) is 6.54 Å². The predicted molar refractivity (Wildman–Crippen MR) is 50.3 cm³/mol. The fourth-order valence-electron chi connectivity index (χ4n) is 1.18. The Labute approximate surface area is 81.6 Å². The molecule has 1 aromatic heterocycles. The fraction of sp³-hybridized carbons (Fsp3) is 0.625. The average Bonchev–Trinajstić information content (AvgIpc) is 2.46. The number of nitro groups is 1. The molecule has 78 valence electrons. The number of rotatable bonds is 4. The first kappa shape index (κ1) is 10.5. The van der Waals surface area contributed by atoms with E-state index in [1.807, 2.05) is 13.8 Å². The van der Waals surface area contributed by atoms with E-state index in [1.165, 1.54) is 18.0 Å². The molecule has 6 heteroatoms. The van der Waals surface area contributed by atoms with E-state index in [0.717, 1.165) is 0 Å². The van der Waals surface area contributed by atoms with Crippen LogP contribution in [-0.4, -0.2) is 21.8 Å².